The molecule has 7 heteroatoms. The molecule has 3 aromatic carbocycles. The fourth-order valence-electron chi connectivity index (χ4n) is 4.54. The molecule has 0 saturated heterocycles. The van der Waals surface area contributed by atoms with Gasteiger partial charge >= 0.3 is 0 Å². The van der Waals surface area contributed by atoms with Gasteiger partial charge in [0.2, 0.25) is 0 Å². The van der Waals surface area contributed by atoms with Crippen LogP contribution < -0.4 is 10.0 Å². The van der Waals surface area contributed by atoms with Crippen LogP contribution in [0.1, 0.15) is 29.5 Å². The van der Waals surface area contributed by atoms with Gasteiger partial charge < -0.3 is 5.32 Å². The molecule has 0 radical (unpaired) electrons. The zero-order chi connectivity index (χ0) is 21.6. The van der Waals surface area contributed by atoms with Crippen molar-refractivity contribution in [1.82, 2.24) is 0 Å². The van der Waals surface area contributed by atoms with E-state index in [1.54, 1.807) is 42.5 Å². The van der Waals surface area contributed by atoms with Crippen LogP contribution >= 0.6 is 15.9 Å². The van der Waals surface area contributed by atoms with E-state index < -0.39 is 10.0 Å². The fraction of sp³-hybridized carbons (Fsp3) is 0.167. The minimum atomic E-state index is -3.75. The van der Waals surface area contributed by atoms with Crippen molar-refractivity contribution < 1.29 is 12.8 Å². The first kappa shape index (κ1) is 20.3. The summed E-state index contributed by atoms with van der Waals surface area (Å²) in [6.45, 7) is 0. The highest BCUT2D eigenvalue weighted by molar-refractivity contribution is 9.10. The lowest BCUT2D eigenvalue weighted by atomic mass is 9.77. The van der Waals surface area contributed by atoms with Crippen LogP contribution in [0.2, 0.25) is 0 Å². The summed E-state index contributed by atoms with van der Waals surface area (Å²) in [5.41, 5.74) is 2.88. The number of allylic oxidation sites excluding steroid dienone is 2. The van der Waals surface area contributed by atoms with Crippen molar-refractivity contribution in [2.24, 2.45) is 5.92 Å². The van der Waals surface area contributed by atoms with Gasteiger partial charge in [-0.3, -0.25) is 4.72 Å². The Balaban J connectivity index is 1.51. The van der Waals surface area contributed by atoms with Gasteiger partial charge in [0.25, 0.3) is 10.0 Å². The van der Waals surface area contributed by atoms with Crippen LogP contribution in [0.3, 0.4) is 0 Å². The minimum Gasteiger partial charge on any atom is -0.378 e. The standard InChI is InChI=1S/C24H20BrFN2O2S/c25-15-5-3-6-16(13-15)28-31(29,30)17-11-12-23-21(14-17)18-8-4-9-19(18)24(27-23)20-7-1-2-10-22(20)26/h1-8,10-14,18-19,24,27-28H,9H2/t18-,19+,24-/m0/s1. The zero-order valence-electron chi connectivity index (χ0n) is 16.4. The van der Waals surface area contributed by atoms with E-state index in [0.29, 0.717) is 11.3 Å². The third-order valence-electron chi connectivity index (χ3n) is 5.96. The molecule has 158 valence electrons. The van der Waals surface area contributed by atoms with Crippen molar-refractivity contribution in [1.29, 1.82) is 0 Å². The Morgan fingerprint density at radius 1 is 1.00 bits per heavy atom. The van der Waals surface area contributed by atoms with Crippen LogP contribution in [0.5, 0.6) is 0 Å². The van der Waals surface area contributed by atoms with Crippen LogP contribution in [0.25, 0.3) is 0 Å². The molecule has 1 heterocycles. The molecular weight excluding hydrogens is 479 g/mol. The number of benzene rings is 3. The maximum Gasteiger partial charge on any atom is 0.261 e. The summed E-state index contributed by atoms with van der Waals surface area (Å²) in [5.74, 6) is -0.0752. The maximum atomic E-state index is 14.5. The number of nitrogens with one attached hydrogen (secondary N) is 2. The molecule has 0 spiro atoms. The second-order valence-electron chi connectivity index (χ2n) is 7.86. The quantitative estimate of drug-likeness (QED) is 0.420. The predicted octanol–water partition coefficient (Wildman–Crippen LogP) is 6.22. The maximum absolute atomic E-state index is 14.5. The van der Waals surface area contributed by atoms with E-state index in [1.807, 2.05) is 18.2 Å². The number of anilines is 2. The average Bonchev–Trinajstić information content (AvgIpc) is 3.23. The molecule has 0 bridgehead atoms. The molecular formula is C24H20BrFN2O2S. The Bertz CT molecular complexity index is 1290. The first-order valence-corrected chi connectivity index (χ1v) is 12.3. The van der Waals surface area contributed by atoms with Crippen LogP contribution in [-0.4, -0.2) is 8.42 Å². The molecule has 4 nitrogen and oxygen atoms in total. The molecule has 2 aliphatic rings. The highest BCUT2D eigenvalue weighted by atomic mass is 79.9. The number of fused-ring (bicyclic) bond motifs is 3. The van der Waals surface area contributed by atoms with E-state index in [4.69, 9.17) is 0 Å². The predicted molar refractivity (Wildman–Crippen MR) is 124 cm³/mol. The Labute approximate surface area is 189 Å². The molecule has 1 aliphatic heterocycles. The molecule has 0 saturated carbocycles. The van der Waals surface area contributed by atoms with Crippen LogP contribution in [-0.2, 0) is 10.0 Å². The lowest BCUT2D eigenvalue weighted by molar-refractivity contribution is 0.413. The normalized spacial score (nSPS) is 21.8. The van der Waals surface area contributed by atoms with E-state index in [0.717, 1.165) is 22.1 Å². The third-order valence-corrected chi connectivity index (χ3v) is 7.83. The highest BCUT2D eigenvalue weighted by Crippen LogP contribution is 2.50. The van der Waals surface area contributed by atoms with Crippen molar-refractivity contribution in [2.75, 3.05) is 10.0 Å². The number of hydrogen-bond donors (Lipinski definition) is 2. The van der Waals surface area contributed by atoms with E-state index in [2.05, 4.69) is 38.1 Å². The van der Waals surface area contributed by atoms with Crippen molar-refractivity contribution >= 4 is 37.3 Å². The Morgan fingerprint density at radius 2 is 1.84 bits per heavy atom. The van der Waals surface area contributed by atoms with Gasteiger partial charge in [-0.05, 0) is 60.4 Å². The molecule has 0 unspecified atom stereocenters. The molecule has 0 amide bonds. The van der Waals surface area contributed by atoms with E-state index in [-0.39, 0.29) is 28.6 Å². The first-order valence-electron chi connectivity index (χ1n) is 10.0. The van der Waals surface area contributed by atoms with Gasteiger partial charge in [-0.1, -0.05) is 52.3 Å². The second kappa shape index (κ2) is 7.80. The van der Waals surface area contributed by atoms with Crippen molar-refractivity contribution in [2.45, 2.75) is 23.3 Å². The van der Waals surface area contributed by atoms with Gasteiger partial charge in [0.05, 0.1) is 10.9 Å². The summed E-state index contributed by atoms with van der Waals surface area (Å²) in [5, 5.41) is 3.46. The third kappa shape index (κ3) is 3.77. The molecule has 3 atom stereocenters. The zero-order valence-corrected chi connectivity index (χ0v) is 18.8. The van der Waals surface area contributed by atoms with Gasteiger partial charge in [-0.25, -0.2) is 12.8 Å². The number of rotatable bonds is 4. The molecule has 31 heavy (non-hydrogen) atoms. The number of sulfonamides is 1. The molecule has 5 rings (SSSR count). The minimum absolute atomic E-state index is 0.0295. The van der Waals surface area contributed by atoms with Gasteiger partial charge in [0.1, 0.15) is 5.82 Å². The molecule has 3 aromatic rings. The lowest BCUT2D eigenvalue weighted by Gasteiger charge is -2.37. The van der Waals surface area contributed by atoms with Gasteiger partial charge in [0, 0.05) is 27.3 Å². The molecule has 2 N–H and O–H groups in total. The van der Waals surface area contributed by atoms with Gasteiger partial charge in [-0.15, -0.1) is 0 Å². The van der Waals surface area contributed by atoms with Crippen LogP contribution in [0.15, 0.2) is 88.3 Å². The summed E-state index contributed by atoms with van der Waals surface area (Å²) in [6.07, 6.45) is 5.01. The van der Waals surface area contributed by atoms with Crippen molar-refractivity contribution in [3.63, 3.8) is 0 Å². The smallest absolute Gasteiger partial charge is 0.261 e. The number of halogens is 2. The molecule has 1 aliphatic carbocycles. The summed E-state index contributed by atoms with van der Waals surface area (Å²) >= 11 is 3.36. The summed E-state index contributed by atoms with van der Waals surface area (Å²) in [6, 6.07) is 18.8. The van der Waals surface area contributed by atoms with Crippen molar-refractivity contribution in [3.05, 3.63) is 100 Å². The van der Waals surface area contributed by atoms with Crippen LogP contribution in [0, 0.1) is 11.7 Å². The second-order valence-corrected chi connectivity index (χ2v) is 10.5. The summed E-state index contributed by atoms with van der Waals surface area (Å²) < 4.78 is 44.0. The monoisotopic (exact) mass is 498 g/mol. The van der Waals surface area contributed by atoms with Crippen molar-refractivity contribution in [3.8, 4) is 0 Å². The lowest BCUT2D eigenvalue weighted by Crippen LogP contribution is -2.30. The summed E-state index contributed by atoms with van der Waals surface area (Å²) in [4.78, 5) is 0.205. The number of hydrogen-bond acceptors (Lipinski definition) is 3. The van der Waals surface area contributed by atoms with Gasteiger partial charge in [-0.2, -0.15) is 0 Å². The molecule has 0 aromatic heterocycles. The topological polar surface area (TPSA) is 58.2 Å². The average molecular weight is 499 g/mol. The highest BCUT2D eigenvalue weighted by Gasteiger charge is 2.39. The first-order chi connectivity index (χ1) is 14.9. The van der Waals surface area contributed by atoms with Crippen LogP contribution in [0.4, 0.5) is 15.8 Å². The van der Waals surface area contributed by atoms with E-state index >= 15 is 0 Å². The largest absolute Gasteiger partial charge is 0.378 e. The Hall–Kier alpha value is -2.64. The molecule has 0 fully saturated rings. The Kier molecular flexibility index (Phi) is 5.10. The summed E-state index contributed by atoms with van der Waals surface area (Å²) in [7, 11) is -3.75. The van der Waals surface area contributed by atoms with Gasteiger partial charge in [0.15, 0.2) is 0 Å². The van der Waals surface area contributed by atoms with E-state index in [9.17, 15) is 12.8 Å². The Morgan fingerprint density at radius 3 is 2.65 bits per heavy atom. The SMILES string of the molecule is O=S(=O)(Nc1cccc(Br)c1)c1ccc2c(c1)[C@H]1C=CC[C@H]1[C@@H](c1ccccc1F)N2. The fourth-order valence-corrected chi connectivity index (χ4v) is 6.02. The van der Waals surface area contributed by atoms with E-state index in [1.165, 1.54) is 6.07 Å².